The van der Waals surface area contributed by atoms with Gasteiger partial charge in [-0.25, -0.2) is 4.39 Å². The molecule has 0 bridgehead atoms. The van der Waals surface area contributed by atoms with Gasteiger partial charge in [-0.3, -0.25) is 4.79 Å². The highest BCUT2D eigenvalue weighted by Crippen LogP contribution is 2.18. The van der Waals surface area contributed by atoms with E-state index >= 15 is 0 Å². The summed E-state index contributed by atoms with van der Waals surface area (Å²) in [4.78, 5) is 12.1. The molecule has 0 radical (unpaired) electrons. The molecule has 0 spiro atoms. The van der Waals surface area contributed by atoms with E-state index in [1.54, 1.807) is 18.2 Å². The topological polar surface area (TPSA) is 26.3 Å². The van der Waals surface area contributed by atoms with Crippen molar-refractivity contribution < 1.29 is 13.9 Å². The van der Waals surface area contributed by atoms with E-state index in [9.17, 15) is 9.18 Å². The maximum absolute atomic E-state index is 13.6. The molecule has 0 aliphatic carbocycles. The number of benzene rings is 2. The van der Waals surface area contributed by atoms with E-state index in [0.717, 1.165) is 11.1 Å². The highest BCUT2D eigenvalue weighted by atomic mass is 19.1. The fourth-order valence-corrected chi connectivity index (χ4v) is 1.95. The summed E-state index contributed by atoms with van der Waals surface area (Å²) in [7, 11) is 1.41. The zero-order valence-corrected chi connectivity index (χ0v) is 12.3. The summed E-state index contributed by atoms with van der Waals surface area (Å²) in [6.07, 6.45) is 3.05. The van der Waals surface area contributed by atoms with E-state index in [2.05, 4.69) is 0 Å². The molecule has 0 aliphatic rings. The van der Waals surface area contributed by atoms with E-state index in [0.29, 0.717) is 11.1 Å². The molecule has 2 rings (SSSR count). The van der Waals surface area contributed by atoms with Crippen LogP contribution in [0.25, 0.3) is 6.08 Å². The minimum Gasteiger partial charge on any atom is -0.494 e. The third-order valence-electron chi connectivity index (χ3n) is 3.39. The highest BCUT2D eigenvalue weighted by molar-refractivity contribution is 6.06. The molecular weight excluding hydrogens is 267 g/mol. The van der Waals surface area contributed by atoms with Crippen molar-refractivity contribution in [1.29, 1.82) is 0 Å². The van der Waals surface area contributed by atoms with Crippen molar-refractivity contribution in [3.05, 3.63) is 70.5 Å². The van der Waals surface area contributed by atoms with Crippen LogP contribution < -0.4 is 4.74 Å². The third-order valence-corrected chi connectivity index (χ3v) is 3.39. The second-order valence-electron chi connectivity index (χ2n) is 4.89. The summed E-state index contributed by atoms with van der Waals surface area (Å²) in [6, 6.07) is 10.1. The first-order valence-electron chi connectivity index (χ1n) is 6.64. The Balaban J connectivity index is 2.18. The number of hydrogen-bond acceptors (Lipinski definition) is 2. The Kier molecular flexibility index (Phi) is 4.53. The van der Waals surface area contributed by atoms with Crippen LogP contribution in [0.2, 0.25) is 0 Å². The lowest BCUT2D eigenvalue weighted by Gasteiger charge is -2.03. The number of halogens is 1. The molecule has 0 amide bonds. The second-order valence-corrected chi connectivity index (χ2v) is 4.89. The van der Waals surface area contributed by atoms with Crippen LogP contribution in [0.3, 0.4) is 0 Å². The number of rotatable bonds is 4. The highest BCUT2D eigenvalue weighted by Gasteiger charge is 2.04. The van der Waals surface area contributed by atoms with Gasteiger partial charge in [-0.05, 0) is 54.8 Å². The Morgan fingerprint density at radius 3 is 2.48 bits per heavy atom. The van der Waals surface area contributed by atoms with Crippen molar-refractivity contribution in [3.8, 4) is 5.75 Å². The molecular formula is C18H17FO2. The lowest BCUT2D eigenvalue weighted by molar-refractivity contribution is 0.104. The van der Waals surface area contributed by atoms with Crippen molar-refractivity contribution in [1.82, 2.24) is 0 Å². The average Bonchev–Trinajstić information content (AvgIpc) is 2.47. The van der Waals surface area contributed by atoms with E-state index in [4.69, 9.17) is 4.74 Å². The van der Waals surface area contributed by atoms with Crippen molar-refractivity contribution >= 4 is 11.9 Å². The van der Waals surface area contributed by atoms with Crippen molar-refractivity contribution in [2.45, 2.75) is 13.8 Å². The van der Waals surface area contributed by atoms with Crippen LogP contribution in [-0.2, 0) is 0 Å². The number of aryl methyl sites for hydroxylation is 2. The Hall–Kier alpha value is -2.42. The molecule has 2 aromatic carbocycles. The molecule has 0 aromatic heterocycles. The molecule has 0 atom stereocenters. The van der Waals surface area contributed by atoms with Gasteiger partial charge in [-0.1, -0.05) is 24.3 Å². The van der Waals surface area contributed by atoms with Crippen LogP contribution in [0.15, 0.2) is 42.5 Å². The molecule has 0 heterocycles. The summed E-state index contributed by atoms with van der Waals surface area (Å²) >= 11 is 0. The molecule has 3 heteroatoms. The van der Waals surface area contributed by atoms with E-state index in [1.807, 2.05) is 26.0 Å². The summed E-state index contributed by atoms with van der Waals surface area (Å²) in [5, 5.41) is 0. The Labute approximate surface area is 123 Å². The number of allylic oxidation sites excluding steroid dienone is 1. The minimum absolute atomic E-state index is 0.102. The molecule has 108 valence electrons. The molecule has 2 nitrogen and oxygen atoms in total. The first-order valence-corrected chi connectivity index (χ1v) is 6.64. The number of carbonyl (C=O) groups is 1. The largest absolute Gasteiger partial charge is 0.494 e. The summed E-state index contributed by atoms with van der Waals surface area (Å²) in [5.74, 6) is -0.361. The quantitative estimate of drug-likeness (QED) is 0.616. The second kappa shape index (κ2) is 6.35. The fourth-order valence-electron chi connectivity index (χ4n) is 1.95. The van der Waals surface area contributed by atoms with Gasteiger partial charge in [0.25, 0.3) is 0 Å². The van der Waals surface area contributed by atoms with Crippen molar-refractivity contribution in [2.24, 2.45) is 0 Å². The van der Waals surface area contributed by atoms with Crippen LogP contribution in [0, 0.1) is 19.7 Å². The molecule has 0 aliphatic heterocycles. The van der Waals surface area contributed by atoms with Gasteiger partial charge in [0.15, 0.2) is 17.3 Å². The van der Waals surface area contributed by atoms with Crippen molar-refractivity contribution in [2.75, 3.05) is 7.11 Å². The predicted molar refractivity (Wildman–Crippen MR) is 82.2 cm³/mol. The molecule has 0 fully saturated rings. The van der Waals surface area contributed by atoms with Gasteiger partial charge < -0.3 is 4.74 Å². The molecule has 0 saturated heterocycles. The number of ether oxygens (including phenoxy) is 1. The third kappa shape index (κ3) is 3.57. The Morgan fingerprint density at radius 1 is 1.10 bits per heavy atom. The smallest absolute Gasteiger partial charge is 0.185 e. The normalized spacial score (nSPS) is 10.9. The molecule has 0 unspecified atom stereocenters. The zero-order chi connectivity index (χ0) is 15.4. The van der Waals surface area contributed by atoms with Gasteiger partial charge in [0, 0.05) is 5.56 Å². The average molecular weight is 284 g/mol. The number of hydrogen-bond donors (Lipinski definition) is 0. The van der Waals surface area contributed by atoms with Crippen LogP contribution in [0.5, 0.6) is 5.75 Å². The van der Waals surface area contributed by atoms with Crippen LogP contribution >= 0.6 is 0 Å². The Morgan fingerprint density at radius 2 is 1.86 bits per heavy atom. The molecule has 0 saturated carbocycles. The van der Waals surface area contributed by atoms with Gasteiger partial charge in [0.1, 0.15) is 0 Å². The standard InChI is InChI=1S/C18H17FO2/c1-12-4-7-15(10-13(12)2)17(20)8-5-14-6-9-18(21-3)16(19)11-14/h4-11H,1-3H3/b8-5+. The van der Waals surface area contributed by atoms with Crippen molar-refractivity contribution in [3.63, 3.8) is 0 Å². The van der Waals surface area contributed by atoms with E-state index in [-0.39, 0.29) is 11.5 Å². The lowest BCUT2D eigenvalue weighted by atomic mass is 10.0. The lowest BCUT2D eigenvalue weighted by Crippen LogP contribution is -1.96. The van der Waals surface area contributed by atoms with Crippen LogP contribution in [0.4, 0.5) is 4.39 Å². The minimum atomic E-state index is -0.446. The number of carbonyl (C=O) groups excluding carboxylic acids is 1. The van der Waals surface area contributed by atoms with E-state index < -0.39 is 5.82 Å². The van der Waals surface area contributed by atoms with Crippen LogP contribution in [0.1, 0.15) is 27.0 Å². The van der Waals surface area contributed by atoms with Gasteiger partial charge in [-0.2, -0.15) is 0 Å². The zero-order valence-electron chi connectivity index (χ0n) is 12.3. The molecule has 0 N–H and O–H groups in total. The maximum atomic E-state index is 13.6. The molecule has 21 heavy (non-hydrogen) atoms. The number of methoxy groups -OCH3 is 1. The fraction of sp³-hybridized carbons (Fsp3) is 0.167. The van der Waals surface area contributed by atoms with Gasteiger partial charge in [0.05, 0.1) is 7.11 Å². The summed E-state index contributed by atoms with van der Waals surface area (Å²) < 4.78 is 18.4. The predicted octanol–water partition coefficient (Wildman–Crippen LogP) is 4.35. The first-order chi connectivity index (χ1) is 10.0. The first kappa shape index (κ1) is 15.0. The number of ketones is 1. The SMILES string of the molecule is COc1ccc(/C=C/C(=O)c2ccc(C)c(C)c2)cc1F. The van der Waals surface area contributed by atoms with Crippen LogP contribution in [-0.4, -0.2) is 12.9 Å². The maximum Gasteiger partial charge on any atom is 0.185 e. The van der Waals surface area contributed by atoms with Gasteiger partial charge in [-0.15, -0.1) is 0 Å². The Bertz CT molecular complexity index is 702. The summed E-state index contributed by atoms with van der Waals surface area (Å²) in [5.41, 5.74) is 3.46. The molecule has 2 aromatic rings. The summed E-state index contributed by atoms with van der Waals surface area (Å²) in [6.45, 7) is 3.97. The van der Waals surface area contributed by atoms with E-state index in [1.165, 1.54) is 25.3 Å². The van der Waals surface area contributed by atoms with Gasteiger partial charge in [0.2, 0.25) is 0 Å². The monoisotopic (exact) mass is 284 g/mol. The van der Waals surface area contributed by atoms with Gasteiger partial charge >= 0.3 is 0 Å².